The number of hydrogen-bond acceptors (Lipinski definition) is 4. The Kier molecular flexibility index (Phi) is 2.19. The topological polar surface area (TPSA) is 79.2 Å². The van der Waals surface area contributed by atoms with Crippen LogP contribution < -0.4 is 11.4 Å². The van der Waals surface area contributed by atoms with Crippen molar-refractivity contribution in [1.82, 2.24) is 9.13 Å². The molecule has 1 heterocycles. The lowest BCUT2D eigenvalue weighted by atomic mass is 10.3. The summed E-state index contributed by atoms with van der Waals surface area (Å²) < 4.78 is 6.87. The molecule has 2 aromatic rings. The summed E-state index contributed by atoms with van der Waals surface area (Å²) >= 11 is 0. The summed E-state index contributed by atoms with van der Waals surface area (Å²) in [4.78, 5) is 23.2. The second kappa shape index (κ2) is 3.41. The third-order valence-electron chi connectivity index (χ3n) is 2.44. The first-order chi connectivity index (χ1) is 7.56. The molecule has 16 heavy (non-hydrogen) atoms. The van der Waals surface area contributed by atoms with Crippen molar-refractivity contribution in [2.75, 3.05) is 12.8 Å². The fourth-order valence-electron chi connectivity index (χ4n) is 1.63. The Balaban J connectivity index is 2.91. The first-order valence-electron chi connectivity index (χ1n) is 4.61. The summed E-state index contributed by atoms with van der Waals surface area (Å²) in [6, 6.07) is 4.92. The van der Waals surface area contributed by atoms with Crippen molar-refractivity contribution in [2.45, 2.75) is 0 Å². The first kappa shape index (κ1) is 10.3. The number of hydrogen-bond donors (Lipinski definition) is 1. The number of nitrogen functional groups attached to an aromatic ring is 1. The van der Waals surface area contributed by atoms with Gasteiger partial charge in [-0.05, 0) is 18.2 Å². The Morgan fingerprint density at radius 1 is 1.38 bits per heavy atom. The van der Waals surface area contributed by atoms with E-state index in [0.29, 0.717) is 16.7 Å². The zero-order valence-corrected chi connectivity index (χ0v) is 8.93. The van der Waals surface area contributed by atoms with Gasteiger partial charge in [-0.2, -0.15) is 4.57 Å². The number of carbonyl (C=O) groups excluding carboxylic acids is 1. The highest BCUT2D eigenvalue weighted by atomic mass is 16.5. The predicted molar refractivity (Wildman–Crippen MR) is 59.4 cm³/mol. The van der Waals surface area contributed by atoms with Crippen LogP contribution in [0.15, 0.2) is 23.0 Å². The number of imidazole rings is 1. The summed E-state index contributed by atoms with van der Waals surface area (Å²) in [7, 11) is 2.81. The number of aryl methyl sites for hydroxylation is 1. The van der Waals surface area contributed by atoms with Crippen LogP contribution in [-0.2, 0) is 11.8 Å². The van der Waals surface area contributed by atoms with Gasteiger partial charge < -0.3 is 10.5 Å². The Morgan fingerprint density at radius 2 is 2.06 bits per heavy atom. The smallest absolute Gasteiger partial charge is 0.422 e. The lowest BCUT2D eigenvalue weighted by Gasteiger charge is -1.99. The molecule has 1 aromatic carbocycles. The molecule has 0 bridgehead atoms. The van der Waals surface area contributed by atoms with E-state index in [1.807, 2.05) is 0 Å². The van der Waals surface area contributed by atoms with Crippen LogP contribution in [0, 0.1) is 0 Å². The fourth-order valence-corrected chi connectivity index (χ4v) is 1.63. The van der Waals surface area contributed by atoms with E-state index in [4.69, 9.17) is 5.73 Å². The summed E-state index contributed by atoms with van der Waals surface area (Å²) in [6.45, 7) is 0. The lowest BCUT2D eigenvalue weighted by molar-refractivity contribution is 0.173. The number of ether oxygens (including phenoxy) is 1. The van der Waals surface area contributed by atoms with E-state index >= 15 is 0 Å². The Labute approximate surface area is 90.8 Å². The number of nitrogens with zero attached hydrogens (tertiary/aromatic N) is 2. The average molecular weight is 221 g/mol. The van der Waals surface area contributed by atoms with E-state index in [1.165, 1.54) is 11.7 Å². The van der Waals surface area contributed by atoms with E-state index in [9.17, 15) is 9.59 Å². The summed E-state index contributed by atoms with van der Waals surface area (Å²) in [5, 5.41) is 0. The van der Waals surface area contributed by atoms with E-state index in [-0.39, 0.29) is 0 Å². The van der Waals surface area contributed by atoms with Gasteiger partial charge in [-0.15, -0.1) is 0 Å². The molecule has 0 saturated carbocycles. The van der Waals surface area contributed by atoms with E-state index in [0.717, 1.165) is 4.57 Å². The molecule has 2 N–H and O–H groups in total. The third kappa shape index (κ3) is 1.27. The van der Waals surface area contributed by atoms with Crippen LogP contribution in [0.2, 0.25) is 0 Å². The minimum absolute atomic E-state index is 0.444. The van der Waals surface area contributed by atoms with Crippen LogP contribution in [0.1, 0.15) is 0 Å². The SMILES string of the molecule is COC(=O)n1c(=O)n(C)c2ccc(N)cc21. The van der Waals surface area contributed by atoms with Gasteiger partial charge >= 0.3 is 11.8 Å². The van der Waals surface area contributed by atoms with E-state index in [1.54, 1.807) is 25.2 Å². The molecule has 1 aromatic heterocycles. The molecular formula is C10H11N3O3. The molecule has 2 rings (SSSR count). The number of fused-ring (bicyclic) bond motifs is 1. The average Bonchev–Trinajstić information content (AvgIpc) is 2.51. The Morgan fingerprint density at radius 3 is 2.69 bits per heavy atom. The molecule has 0 unspecified atom stereocenters. The molecule has 0 aliphatic carbocycles. The van der Waals surface area contributed by atoms with Gasteiger partial charge in [0.05, 0.1) is 18.1 Å². The Bertz CT molecular complexity index is 624. The highest BCUT2D eigenvalue weighted by Crippen LogP contribution is 2.15. The fraction of sp³-hybridized carbons (Fsp3) is 0.200. The molecule has 0 amide bonds. The van der Waals surface area contributed by atoms with Crippen LogP contribution in [0.3, 0.4) is 0 Å². The van der Waals surface area contributed by atoms with Crippen molar-refractivity contribution in [3.8, 4) is 0 Å². The second-order valence-corrected chi connectivity index (χ2v) is 3.40. The summed E-state index contributed by atoms with van der Waals surface area (Å²) in [5.74, 6) is 0. The quantitative estimate of drug-likeness (QED) is 0.658. The number of aromatic nitrogens is 2. The van der Waals surface area contributed by atoms with Crippen LogP contribution in [0.5, 0.6) is 0 Å². The van der Waals surface area contributed by atoms with Crippen molar-refractivity contribution in [3.05, 3.63) is 28.7 Å². The van der Waals surface area contributed by atoms with Gasteiger partial charge in [0.2, 0.25) is 0 Å². The van der Waals surface area contributed by atoms with E-state index in [2.05, 4.69) is 4.74 Å². The maximum atomic E-state index is 11.8. The summed E-state index contributed by atoms with van der Waals surface area (Å²) in [6.07, 6.45) is -0.721. The minimum Gasteiger partial charge on any atom is -0.452 e. The van der Waals surface area contributed by atoms with Gasteiger partial charge in [-0.3, -0.25) is 4.57 Å². The van der Waals surface area contributed by atoms with Crippen LogP contribution in [0.4, 0.5) is 10.5 Å². The molecule has 0 aliphatic heterocycles. The molecular weight excluding hydrogens is 210 g/mol. The van der Waals surface area contributed by atoms with Crippen molar-refractivity contribution in [3.63, 3.8) is 0 Å². The number of nitrogens with two attached hydrogens (primary N) is 1. The molecule has 84 valence electrons. The van der Waals surface area contributed by atoms with Gasteiger partial charge in [-0.25, -0.2) is 9.59 Å². The number of rotatable bonds is 0. The van der Waals surface area contributed by atoms with Crippen molar-refractivity contribution in [2.24, 2.45) is 7.05 Å². The number of methoxy groups -OCH3 is 1. The first-order valence-corrected chi connectivity index (χ1v) is 4.61. The largest absolute Gasteiger partial charge is 0.452 e. The second-order valence-electron chi connectivity index (χ2n) is 3.40. The number of anilines is 1. The molecule has 6 nitrogen and oxygen atoms in total. The van der Waals surface area contributed by atoms with Gasteiger partial charge in [0, 0.05) is 12.7 Å². The number of benzene rings is 1. The predicted octanol–water partition coefficient (Wildman–Crippen LogP) is 0.537. The van der Waals surface area contributed by atoms with Crippen LogP contribution in [-0.4, -0.2) is 22.3 Å². The molecule has 0 spiro atoms. The van der Waals surface area contributed by atoms with Gasteiger partial charge in [-0.1, -0.05) is 0 Å². The molecule has 0 atom stereocenters. The molecule has 0 aliphatic rings. The van der Waals surface area contributed by atoms with Gasteiger partial charge in [0.1, 0.15) is 0 Å². The van der Waals surface area contributed by atoms with Crippen LogP contribution in [0.25, 0.3) is 11.0 Å². The Hall–Kier alpha value is -2.24. The van der Waals surface area contributed by atoms with Crippen molar-refractivity contribution in [1.29, 1.82) is 0 Å². The monoisotopic (exact) mass is 221 g/mol. The zero-order chi connectivity index (χ0) is 11.9. The third-order valence-corrected chi connectivity index (χ3v) is 2.44. The highest BCUT2D eigenvalue weighted by Gasteiger charge is 2.16. The maximum Gasteiger partial charge on any atom is 0.422 e. The van der Waals surface area contributed by atoms with E-state index < -0.39 is 11.8 Å². The normalized spacial score (nSPS) is 10.6. The molecule has 6 heteroatoms. The van der Waals surface area contributed by atoms with Gasteiger partial charge in [0.25, 0.3) is 0 Å². The summed E-state index contributed by atoms with van der Waals surface area (Å²) in [5.41, 5.74) is 6.72. The maximum absolute atomic E-state index is 11.8. The van der Waals surface area contributed by atoms with Crippen molar-refractivity contribution >= 4 is 22.8 Å². The standard InChI is InChI=1S/C10H11N3O3/c1-12-7-4-3-6(11)5-8(7)13(9(12)14)10(15)16-2/h3-5H,11H2,1-2H3. The highest BCUT2D eigenvalue weighted by molar-refractivity contribution is 5.88. The molecule has 0 saturated heterocycles. The van der Waals surface area contributed by atoms with Gasteiger partial charge in [0.15, 0.2) is 0 Å². The van der Waals surface area contributed by atoms with Crippen molar-refractivity contribution < 1.29 is 9.53 Å². The molecule has 0 radical (unpaired) electrons. The zero-order valence-electron chi connectivity index (χ0n) is 8.93. The lowest BCUT2D eigenvalue weighted by Crippen LogP contribution is -2.28. The molecule has 0 fully saturated rings. The minimum atomic E-state index is -0.721. The van der Waals surface area contributed by atoms with Crippen LogP contribution >= 0.6 is 0 Å². The number of carbonyl (C=O) groups is 1.